The Morgan fingerprint density at radius 1 is 1.35 bits per heavy atom. The molecule has 1 aromatic heterocycles. The van der Waals surface area contributed by atoms with Gasteiger partial charge in [0, 0.05) is 25.7 Å². The Balaban J connectivity index is 1.75. The van der Waals surface area contributed by atoms with Crippen molar-refractivity contribution in [1.29, 1.82) is 0 Å². The highest BCUT2D eigenvalue weighted by Gasteiger charge is 2.23. The van der Waals surface area contributed by atoms with Crippen molar-refractivity contribution in [2.24, 2.45) is 0 Å². The number of para-hydroxylation sites is 1. The molecule has 2 heterocycles. The maximum atomic E-state index is 13.8. The van der Waals surface area contributed by atoms with Crippen LogP contribution in [0.1, 0.15) is 31.7 Å². The predicted octanol–water partition coefficient (Wildman–Crippen LogP) is 3.30. The first-order valence-electron chi connectivity index (χ1n) is 8.99. The number of rotatable bonds is 4. The van der Waals surface area contributed by atoms with Crippen LogP contribution < -0.4 is 5.32 Å². The third kappa shape index (κ3) is 4.04. The smallest absolute Gasteiger partial charge is 0.322 e. The molecule has 0 radical (unpaired) electrons. The maximum Gasteiger partial charge on any atom is 0.322 e. The number of benzene rings is 1. The van der Waals surface area contributed by atoms with Gasteiger partial charge in [-0.05, 0) is 39.4 Å². The van der Waals surface area contributed by atoms with Crippen LogP contribution in [0, 0.1) is 5.82 Å². The van der Waals surface area contributed by atoms with Crippen LogP contribution in [0.3, 0.4) is 0 Å². The lowest BCUT2D eigenvalue weighted by molar-refractivity contribution is 0.209. The lowest BCUT2D eigenvalue weighted by Crippen LogP contribution is -2.35. The summed E-state index contributed by atoms with van der Waals surface area (Å²) in [6.07, 6.45) is 2.70. The van der Waals surface area contributed by atoms with E-state index in [-0.39, 0.29) is 11.7 Å². The quantitative estimate of drug-likeness (QED) is 0.911. The highest BCUT2D eigenvalue weighted by atomic mass is 19.1. The number of aromatic nitrogens is 2. The molecule has 2 amide bonds. The zero-order valence-electron chi connectivity index (χ0n) is 15.6. The van der Waals surface area contributed by atoms with Crippen molar-refractivity contribution in [2.45, 2.75) is 45.9 Å². The van der Waals surface area contributed by atoms with E-state index < -0.39 is 5.82 Å². The SMILES string of the molecule is CC(C)N(C)Cc1ncn2c1CN(C(=O)Nc1ccccc1F)CCC2. The Morgan fingerprint density at radius 3 is 2.85 bits per heavy atom. The Labute approximate surface area is 153 Å². The van der Waals surface area contributed by atoms with Gasteiger partial charge in [0.05, 0.1) is 29.9 Å². The third-order valence-electron chi connectivity index (χ3n) is 4.88. The van der Waals surface area contributed by atoms with Gasteiger partial charge < -0.3 is 14.8 Å². The van der Waals surface area contributed by atoms with Gasteiger partial charge >= 0.3 is 6.03 Å². The first-order valence-corrected chi connectivity index (χ1v) is 8.99. The molecule has 0 unspecified atom stereocenters. The third-order valence-corrected chi connectivity index (χ3v) is 4.88. The molecular formula is C19H26FN5O. The summed E-state index contributed by atoms with van der Waals surface area (Å²) >= 11 is 0. The number of anilines is 1. The number of hydrogen-bond donors (Lipinski definition) is 1. The van der Waals surface area contributed by atoms with E-state index in [1.54, 1.807) is 23.1 Å². The van der Waals surface area contributed by atoms with Gasteiger partial charge in [0.25, 0.3) is 0 Å². The van der Waals surface area contributed by atoms with Crippen LogP contribution in [0.5, 0.6) is 0 Å². The molecular weight excluding hydrogens is 333 g/mol. The second kappa shape index (κ2) is 7.86. The summed E-state index contributed by atoms with van der Waals surface area (Å²) in [6.45, 7) is 6.95. The molecule has 7 heteroatoms. The molecule has 1 aliphatic rings. The van der Waals surface area contributed by atoms with E-state index in [0.717, 1.165) is 30.9 Å². The molecule has 0 spiro atoms. The summed E-state index contributed by atoms with van der Waals surface area (Å²) in [7, 11) is 2.07. The van der Waals surface area contributed by atoms with Gasteiger partial charge in [0.15, 0.2) is 0 Å². The van der Waals surface area contributed by atoms with Crippen molar-refractivity contribution in [3.8, 4) is 0 Å². The Bertz CT molecular complexity index is 773. The van der Waals surface area contributed by atoms with E-state index in [1.807, 2.05) is 6.33 Å². The minimum absolute atomic E-state index is 0.204. The van der Waals surface area contributed by atoms with Crippen molar-refractivity contribution >= 4 is 11.7 Å². The van der Waals surface area contributed by atoms with Gasteiger partial charge in [-0.3, -0.25) is 4.90 Å². The second-order valence-corrected chi connectivity index (χ2v) is 7.03. The number of fused-ring (bicyclic) bond motifs is 1. The van der Waals surface area contributed by atoms with Crippen molar-refractivity contribution in [1.82, 2.24) is 19.4 Å². The van der Waals surface area contributed by atoms with Crippen LogP contribution in [-0.2, 0) is 19.6 Å². The van der Waals surface area contributed by atoms with Crippen molar-refractivity contribution in [3.05, 3.63) is 47.8 Å². The Kier molecular flexibility index (Phi) is 5.56. The summed E-state index contributed by atoms with van der Waals surface area (Å²) in [6, 6.07) is 6.35. The van der Waals surface area contributed by atoms with Gasteiger partial charge in [0.1, 0.15) is 5.82 Å². The monoisotopic (exact) mass is 359 g/mol. The number of urea groups is 1. The number of nitrogens with zero attached hydrogens (tertiary/aromatic N) is 4. The fourth-order valence-electron chi connectivity index (χ4n) is 3.00. The molecule has 1 N–H and O–H groups in total. The van der Waals surface area contributed by atoms with Gasteiger partial charge in [-0.1, -0.05) is 12.1 Å². The summed E-state index contributed by atoms with van der Waals surface area (Å²) in [5.41, 5.74) is 2.25. The molecule has 3 rings (SSSR count). The molecule has 140 valence electrons. The van der Waals surface area contributed by atoms with Crippen LogP contribution in [0.15, 0.2) is 30.6 Å². The molecule has 0 aliphatic carbocycles. The van der Waals surface area contributed by atoms with Gasteiger partial charge in [-0.15, -0.1) is 0 Å². The zero-order chi connectivity index (χ0) is 18.7. The van der Waals surface area contributed by atoms with Crippen molar-refractivity contribution in [2.75, 3.05) is 18.9 Å². The lowest BCUT2D eigenvalue weighted by Gasteiger charge is -2.23. The van der Waals surface area contributed by atoms with Crippen LogP contribution in [0.4, 0.5) is 14.9 Å². The number of nitrogens with one attached hydrogen (secondary N) is 1. The predicted molar refractivity (Wildman–Crippen MR) is 99.3 cm³/mol. The standard InChI is InChI=1S/C19H26FN5O/c1-14(2)23(3)11-17-18-12-24(9-6-10-25(18)13-21-17)19(26)22-16-8-5-4-7-15(16)20/h4-5,7-8,13-14H,6,9-12H2,1-3H3,(H,22,26). The van der Waals surface area contributed by atoms with Crippen LogP contribution in [-0.4, -0.2) is 45.0 Å². The fraction of sp³-hybridized carbons (Fsp3) is 0.474. The highest BCUT2D eigenvalue weighted by Crippen LogP contribution is 2.20. The molecule has 0 saturated heterocycles. The van der Waals surface area contributed by atoms with Crippen LogP contribution in [0.2, 0.25) is 0 Å². The van der Waals surface area contributed by atoms with Crippen LogP contribution >= 0.6 is 0 Å². The lowest BCUT2D eigenvalue weighted by atomic mass is 10.2. The minimum atomic E-state index is -0.431. The molecule has 1 aliphatic heterocycles. The average Bonchev–Trinajstić information content (AvgIpc) is 2.85. The number of imidazole rings is 1. The molecule has 2 aromatic rings. The number of aryl methyl sites for hydroxylation is 1. The Hall–Kier alpha value is -2.41. The summed E-state index contributed by atoms with van der Waals surface area (Å²) in [5.74, 6) is -0.431. The summed E-state index contributed by atoms with van der Waals surface area (Å²) in [5, 5.41) is 2.68. The van der Waals surface area contributed by atoms with Gasteiger partial charge in [-0.2, -0.15) is 0 Å². The van der Waals surface area contributed by atoms with Gasteiger partial charge in [0.2, 0.25) is 0 Å². The number of hydrogen-bond acceptors (Lipinski definition) is 3. The molecule has 0 fully saturated rings. The summed E-state index contributed by atoms with van der Waals surface area (Å²) < 4.78 is 15.9. The second-order valence-electron chi connectivity index (χ2n) is 7.03. The number of carbonyl (C=O) groups is 1. The van der Waals surface area contributed by atoms with E-state index in [0.29, 0.717) is 19.1 Å². The van der Waals surface area contributed by atoms with Crippen molar-refractivity contribution in [3.63, 3.8) is 0 Å². The van der Waals surface area contributed by atoms with E-state index >= 15 is 0 Å². The molecule has 26 heavy (non-hydrogen) atoms. The highest BCUT2D eigenvalue weighted by molar-refractivity contribution is 5.89. The first-order chi connectivity index (χ1) is 12.5. The Morgan fingerprint density at radius 2 is 2.12 bits per heavy atom. The summed E-state index contributed by atoms with van der Waals surface area (Å²) in [4.78, 5) is 21.2. The first kappa shape index (κ1) is 18.4. The number of amides is 2. The molecule has 0 atom stereocenters. The maximum absolute atomic E-state index is 13.8. The topological polar surface area (TPSA) is 53.4 Å². The van der Waals surface area contributed by atoms with E-state index in [2.05, 4.69) is 40.7 Å². The average molecular weight is 359 g/mol. The zero-order valence-corrected chi connectivity index (χ0v) is 15.6. The molecule has 1 aromatic carbocycles. The van der Waals surface area contributed by atoms with E-state index in [1.165, 1.54) is 6.07 Å². The van der Waals surface area contributed by atoms with Gasteiger partial charge in [-0.25, -0.2) is 14.2 Å². The van der Waals surface area contributed by atoms with Crippen LogP contribution in [0.25, 0.3) is 0 Å². The molecule has 0 bridgehead atoms. The normalized spacial score (nSPS) is 14.5. The molecule has 0 saturated carbocycles. The number of carbonyl (C=O) groups excluding carboxylic acids is 1. The van der Waals surface area contributed by atoms with E-state index in [9.17, 15) is 9.18 Å². The van der Waals surface area contributed by atoms with Crippen molar-refractivity contribution < 1.29 is 9.18 Å². The number of halogens is 1. The largest absolute Gasteiger partial charge is 0.333 e. The van der Waals surface area contributed by atoms with E-state index in [4.69, 9.17) is 0 Å². The molecule has 6 nitrogen and oxygen atoms in total. The minimum Gasteiger partial charge on any atom is -0.333 e. The fourth-order valence-corrected chi connectivity index (χ4v) is 3.00.